The van der Waals surface area contributed by atoms with Crippen LogP contribution in [-0.4, -0.2) is 16.0 Å². The third-order valence-electron chi connectivity index (χ3n) is 8.69. The van der Waals surface area contributed by atoms with Crippen LogP contribution in [0.3, 0.4) is 0 Å². The van der Waals surface area contributed by atoms with Crippen LogP contribution in [0.25, 0.3) is 65.3 Å². The Bertz CT molecular complexity index is 2270. The number of phenolic OH excluding ortho intramolecular Hbond substituents is 2. The van der Waals surface area contributed by atoms with Gasteiger partial charge in [-0.1, -0.05) is 133 Å². The van der Waals surface area contributed by atoms with E-state index in [4.69, 9.17) is 0 Å². The number of hydrogen-bond donors (Lipinski definition) is 2. The van der Waals surface area contributed by atoms with Crippen LogP contribution in [0.15, 0.2) is 146 Å². The van der Waals surface area contributed by atoms with Gasteiger partial charge in [0.25, 0.3) is 0 Å². The summed E-state index contributed by atoms with van der Waals surface area (Å²) in [6, 6.07) is 46.8. The molecule has 0 atom stereocenters. The molecule has 3 nitrogen and oxygen atoms in total. The van der Waals surface area contributed by atoms with Gasteiger partial charge in [-0.25, -0.2) is 0 Å². The first kappa shape index (κ1) is 25.8. The van der Waals surface area contributed by atoms with Gasteiger partial charge in [0.1, 0.15) is 11.5 Å². The summed E-state index contributed by atoms with van der Waals surface area (Å²) in [7, 11) is 0. The summed E-state index contributed by atoms with van der Waals surface area (Å²) in [6.07, 6.45) is 0. The Labute approximate surface area is 253 Å². The lowest BCUT2D eigenvalue weighted by Crippen LogP contribution is -2.08. The first-order valence-corrected chi connectivity index (χ1v) is 14.6. The normalized spacial score (nSPS) is 11.5. The van der Waals surface area contributed by atoms with Gasteiger partial charge >= 0.3 is 0 Å². The Morgan fingerprint density at radius 3 is 1.11 bits per heavy atom. The second-order valence-corrected chi connectivity index (χ2v) is 11.1. The second kappa shape index (κ2) is 10.1. The zero-order chi connectivity index (χ0) is 29.8. The number of carbonyl (C=O) groups is 1. The molecule has 2 N–H and O–H groups in total. The molecule has 0 radical (unpaired) electrons. The van der Waals surface area contributed by atoms with Crippen molar-refractivity contribution in [3.05, 3.63) is 157 Å². The fourth-order valence-corrected chi connectivity index (χ4v) is 6.64. The Kier molecular flexibility index (Phi) is 5.92. The van der Waals surface area contributed by atoms with Gasteiger partial charge < -0.3 is 10.2 Å². The number of fused-ring (bicyclic) bond motifs is 4. The molecule has 0 spiro atoms. The quantitative estimate of drug-likeness (QED) is 0.208. The largest absolute Gasteiger partial charge is 0.507 e. The molecule has 0 saturated carbocycles. The second-order valence-electron chi connectivity index (χ2n) is 11.1. The molecule has 208 valence electrons. The van der Waals surface area contributed by atoms with E-state index in [0.29, 0.717) is 11.1 Å². The minimum absolute atomic E-state index is 0.0853. The molecule has 0 heterocycles. The standard InChI is InChI=1S/C41H26O3/c42-37-23-21-31(29-13-5-7-15-33(29)37)35-19-17-25-9-1-3-11-27(25)39(35)41(44)40-28-12-4-2-10-26(28)18-20-36(40)32-22-24-38(43)34-16-8-6-14-30(32)34/h1-24,42-43H. The topological polar surface area (TPSA) is 57.5 Å². The molecular weight excluding hydrogens is 540 g/mol. The van der Waals surface area contributed by atoms with Crippen LogP contribution in [0.2, 0.25) is 0 Å². The SMILES string of the molecule is O=C(c1c(-c2ccc(O)c3ccccc23)ccc2ccccc12)c1c(-c2ccc(O)c3ccccc23)ccc2ccccc12. The summed E-state index contributed by atoms with van der Waals surface area (Å²) < 4.78 is 0. The molecule has 0 amide bonds. The number of rotatable bonds is 4. The van der Waals surface area contributed by atoms with Crippen molar-refractivity contribution in [2.24, 2.45) is 0 Å². The zero-order valence-electron chi connectivity index (χ0n) is 23.7. The average molecular weight is 567 g/mol. The molecule has 0 aliphatic heterocycles. The summed E-state index contributed by atoms with van der Waals surface area (Å²) in [5.41, 5.74) is 4.59. The molecule has 0 fully saturated rings. The van der Waals surface area contributed by atoms with Crippen molar-refractivity contribution in [3.8, 4) is 33.8 Å². The van der Waals surface area contributed by atoms with E-state index in [9.17, 15) is 10.2 Å². The van der Waals surface area contributed by atoms with E-state index in [1.165, 1.54) is 0 Å². The first-order chi connectivity index (χ1) is 21.6. The van der Waals surface area contributed by atoms with Crippen LogP contribution < -0.4 is 0 Å². The molecular formula is C41H26O3. The lowest BCUT2D eigenvalue weighted by Gasteiger charge is -2.19. The van der Waals surface area contributed by atoms with Crippen LogP contribution in [0.4, 0.5) is 0 Å². The maximum atomic E-state index is 15.4. The zero-order valence-corrected chi connectivity index (χ0v) is 23.7. The van der Waals surface area contributed by atoms with Gasteiger partial charge in [-0.3, -0.25) is 4.79 Å². The van der Waals surface area contributed by atoms with Crippen molar-refractivity contribution in [2.75, 3.05) is 0 Å². The Balaban J connectivity index is 1.49. The Hall–Kier alpha value is -5.93. The molecule has 0 aliphatic carbocycles. The van der Waals surface area contributed by atoms with Gasteiger partial charge in [0.05, 0.1) is 0 Å². The van der Waals surface area contributed by atoms with Gasteiger partial charge in [0, 0.05) is 21.9 Å². The van der Waals surface area contributed by atoms with Crippen molar-refractivity contribution in [2.45, 2.75) is 0 Å². The van der Waals surface area contributed by atoms with E-state index in [-0.39, 0.29) is 17.3 Å². The molecule has 0 aromatic heterocycles. The van der Waals surface area contributed by atoms with Crippen LogP contribution >= 0.6 is 0 Å². The molecule has 3 heteroatoms. The predicted octanol–water partition coefficient (Wildman–Crippen LogP) is 10.3. The van der Waals surface area contributed by atoms with Crippen molar-refractivity contribution < 1.29 is 15.0 Å². The monoisotopic (exact) mass is 566 g/mol. The lowest BCUT2D eigenvalue weighted by molar-refractivity contribution is 0.104. The fourth-order valence-electron chi connectivity index (χ4n) is 6.64. The minimum atomic E-state index is -0.0853. The number of carbonyl (C=O) groups excluding carboxylic acids is 1. The van der Waals surface area contributed by atoms with E-state index in [0.717, 1.165) is 65.3 Å². The number of benzene rings is 8. The van der Waals surface area contributed by atoms with Crippen LogP contribution in [0, 0.1) is 0 Å². The molecule has 8 aromatic carbocycles. The lowest BCUT2D eigenvalue weighted by atomic mass is 9.83. The molecule has 0 unspecified atom stereocenters. The van der Waals surface area contributed by atoms with Crippen LogP contribution in [0.5, 0.6) is 11.5 Å². The first-order valence-electron chi connectivity index (χ1n) is 14.6. The van der Waals surface area contributed by atoms with Gasteiger partial charge in [-0.15, -0.1) is 0 Å². The highest BCUT2D eigenvalue weighted by molar-refractivity contribution is 6.28. The number of ketones is 1. The fraction of sp³-hybridized carbons (Fsp3) is 0. The van der Waals surface area contributed by atoms with Crippen molar-refractivity contribution in [1.82, 2.24) is 0 Å². The Morgan fingerprint density at radius 1 is 0.341 bits per heavy atom. The summed E-state index contributed by atoms with van der Waals surface area (Å²) >= 11 is 0. The molecule has 8 aromatic rings. The summed E-state index contributed by atoms with van der Waals surface area (Å²) in [5, 5.41) is 28.2. The maximum absolute atomic E-state index is 15.4. The smallest absolute Gasteiger partial charge is 0.195 e. The number of phenols is 2. The van der Waals surface area contributed by atoms with E-state index >= 15 is 4.79 Å². The van der Waals surface area contributed by atoms with Crippen molar-refractivity contribution in [1.29, 1.82) is 0 Å². The van der Waals surface area contributed by atoms with E-state index in [1.54, 1.807) is 12.1 Å². The van der Waals surface area contributed by atoms with E-state index in [1.807, 2.05) is 121 Å². The average Bonchev–Trinajstić information content (AvgIpc) is 3.08. The van der Waals surface area contributed by atoms with Crippen molar-refractivity contribution >= 4 is 48.9 Å². The Morgan fingerprint density at radius 2 is 0.682 bits per heavy atom. The number of hydrogen-bond acceptors (Lipinski definition) is 3. The molecule has 0 aliphatic rings. The molecule has 44 heavy (non-hydrogen) atoms. The van der Waals surface area contributed by atoms with Crippen LogP contribution in [-0.2, 0) is 0 Å². The van der Waals surface area contributed by atoms with Crippen molar-refractivity contribution in [3.63, 3.8) is 0 Å². The predicted molar refractivity (Wildman–Crippen MR) is 181 cm³/mol. The van der Waals surface area contributed by atoms with Gasteiger partial charge in [0.2, 0.25) is 0 Å². The summed E-state index contributed by atoms with van der Waals surface area (Å²) in [4.78, 5) is 15.4. The van der Waals surface area contributed by atoms with Gasteiger partial charge in [-0.2, -0.15) is 0 Å². The third kappa shape index (κ3) is 3.94. The minimum Gasteiger partial charge on any atom is -0.507 e. The van der Waals surface area contributed by atoms with E-state index < -0.39 is 0 Å². The summed E-state index contributed by atoms with van der Waals surface area (Å²) in [6.45, 7) is 0. The highest BCUT2D eigenvalue weighted by Gasteiger charge is 2.25. The third-order valence-corrected chi connectivity index (χ3v) is 8.69. The molecule has 0 bridgehead atoms. The van der Waals surface area contributed by atoms with Gasteiger partial charge in [0.15, 0.2) is 5.78 Å². The van der Waals surface area contributed by atoms with Crippen LogP contribution in [0.1, 0.15) is 15.9 Å². The van der Waals surface area contributed by atoms with E-state index in [2.05, 4.69) is 12.1 Å². The highest BCUT2D eigenvalue weighted by atomic mass is 16.3. The number of aromatic hydroxyl groups is 2. The highest BCUT2D eigenvalue weighted by Crippen LogP contribution is 2.42. The molecule has 8 rings (SSSR count). The van der Waals surface area contributed by atoms with Gasteiger partial charge in [-0.05, 0) is 66.7 Å². The summed E-state index contributed by atoms with van der Waals surface area (Å²) in [5.74, 6) is 0.319. The molecule has 0 saturated heterocycles. The maximum Gasteiger partial charge on any atom is 0.195 e.